The number of hydrogen-bond donors (Lipinski definition) is 2. The molecule has 0 bridgehead atoms. The number of pyridine rings is 1. The van der Waals surface area contributed by atoms with Crippen molar-refractivity contribution in [3.63, 3.8) is 0 Å². The Balaban J connectivity index is 3.05. The van der Waals surface area contributed by atoms with Gasteiger partial charge in [0.2, 0.25) is 0 Å². The van der Waals surface area contributed by atoms with Crippen molar-refractivity contribution in [3.05, 3.63) is 22.0 Å². The largest absolute Gasteiger partial charge is 0.385 e. The summed E-state index contributed by atoms with van der Waals surface area (Å²) >= 11 is 0. The number of aryl methyl sites for hydroxylation is 1. The Bertz CT molecular complexity index is 420. The van der Waals surface area contributed by atoms with Gasteiger partial charge in [0.1, 0.15) is 11.5 Å². The fourth-order valence-corrected chi connectivity index (χ4v) is 1.17. The molecule has 4 heteroatoms. The predicted octanol–water partition coefficient (Wildman–Crippen LogP) is 2.01. The van der Waals surface area contributed by atoms with Gasteiger partial charge in [-0.3, -0.25) is 9.79 Å². The Labute approximate surface area is 89.2 Å². The van der Waals surface area contributed by atoms with E-state index in [1.54, 1.807) is 12.3 Å². The third-order valence-corrected chi connectivity index (χ3v) is 2.32. The molecule has 4 nitrogen and oxygen atoms in total. The summed E-state index contributed by atoms with van der Waals surface area (Å²) in [6.45, 7) is 5.97. The third kappa shape index (κ3) is 2.94. The molecule has 0 saturated carbocycles. The highest BCUT2D eigenvalue weighted by Gasteiger charge is 2.03. The minimum Gasteiger partial charge on any atom is -0.385 e. The van der Waals surface area contributed by atoms with E-state index in [0.717, 1.165) is 12.0 Å². The summed E-state index contributed by atoms with van der Waals surface area (Å²) in [6, 6.07) is 1.71. The molecule has 0 fully saturated rings. The molecule has 3 N–H and O–H groups in total. The molecule has 0 amide bonds. The first-order chi connectivity index (χ1) is 7.04. The van der Waals surface area contributed by atoms with Gasteiger partial charge in [-0.15, -0.1) is 0 Å². The van der Waals surface area contributed by atoms with Crippen LogP contribution in [-0.4, -0.2) is 11.2 Å². The zero-order valence-corrected chi connectivity index (χ0v) is 9.37. The highest BCUT2D eigenvalue weighted by Crippen LogP contribution is 2.13. The number of nitrogens with zero attached hydrogens (tertiary/aromatic N) is 1. The number of aromatic amines is 1. The summed E-state index contributed by atoms with van der Waals surface area (Å²) in [5, 5.41) is 0. The first kappa shape index (κ1) is 11.5. The molecule has 1 atom stereocenters. The molecule has 0 aliphatic heterocycles. The molecule has 0 aliphatic rings. The van der Waals surface area contributed by atoms with E-state index in [1.807, 2.05) is 6.92 Å². The Morgan fingerprint density at radius 3 is 2.87 bits per heavy atom. The molecule has 0 saturated heterocycles. The summed E-state index contributed by atoms with van der Waals surface area (Å²) in [5.41, 5.74) is 6.52. The van der Waals surface area contributed by atoms with Gasteiger partial charge in [0.15, 0.2) is 0 Å². The van der Waals surface area contributed by atoms with E-state index in [-0.39, 0.29) is 5.56 Å². The SMILES string of the molecule is CCC(C)C=Nc1c(C)cc(N)[nH]c1=O. The van der Waals surface area contributed by atoms with Crippen LogP contribution in [0.1, 0.15) is 25.8 Å². The Morgan fingerprint density at radius 1 is 1.67 bits per heavy atom. The van der Waals surface area contributed by atoms with E-state index < -0.39 is 0 Å². The predicted molar refractivity (Wildman–Crippen MR) is 63.8 cm³/mol. The van der Waals surface area contributed by atoms with Crippen molar-refractivity contribution >= 4 is 17.7 Å². The van der Waals surface area contributed by atoms with Gasteiger partial charge in [-0.05, 0) is 30.9 Å². The van der Waals surface area contributed by atoms with Crippen LogP contribution in [0.3, 0.4) is 0 Å². The molecule has 1 aromatic heterocycles. The molecule has 0 aliphatic carbocycles. The van der Waals surface area contributed by atoms with E-state index in [1.165, 1.54) is 0 Å². The Kier molecular flexibility index (Phi) is 3.66. The maximum absolute atomic E-state index is 11.5. The van der Waals surface area contributed by atoms with Crippen LogP contribution < -0.4 is 11.3 Å². The number of nitrogen functional groups attached to an aromatic ring is 1. The molecule has 1 rings (SSSR count). The standard InChI is InChI=1S/C11H17N3O/c1-4-7(2)6-13-10-8(3)5-9(12)14-11(10)15/h5-7H,4H2,1-3H3,(H3,12,14,15). The molecule has 15 heavy (non-hydrogen) atoms. The fraction of sp³-hybridized carbons (Fsp3) is 0.455. The van der Waals surface area contributed by atoms with Crippen molar-refractivity contribution in [1.29, 1.82) is 0 Å². The van der Waals surface area contributed by atoms with Crippen molar-refractivity contribution in [2.24, 2.45) is 10.9 Å². The first-order valence-corrected chi connectivity index (χ1v) is 5.08. The van der Waals surface area contributed by atoms with Crippen molar-refractivity contribution < 1.29 is 0 Å². The number of nitrogens with two attached hydrogens (primary N) is 1. The molecule has 0 spiro atoms. The van der Waals surface area contributed by atoms with Crippen molar-refractivity contribution in [3.8, 4) is 0 Å². The molecule has 1 aromatic rings. The van der Waals surface area contributed by atoms with Crippen molar-refractivity contribution in [1.82, 2.24) is 4.98 Å². The summed E-state index contributed by atoms with van der Waals surface area (Å²) in [7, 11) is 0. The highest BCUT2D eigenvalue weighted by atomic mass is 16.1. The number of H-pyrrole nitrogens is 1. The van der Waals surface area contributed by atoms with Gasteiger partial charge in [-0.25, -0.2) is 0 Å². The van der Waals surface area contributed by atoms with Crippen LogP contribution in [0, 0.1) is 12.8 Å². The Morgan fingerprint density at radius 2 is 2.33 bits per heavy atom. The van der Waals surface area contributed by atoms with Crippen LogP contribution in [0.4, 0.5) is 11.5 Å². The van der Waals surface area contributed by atoms with E-state index in [9.17, 15) is 4.79 Å². The second-order valence-corrected chi connectivity index (χ2v) is 3.75. The lowest BCUT2D eigenvalue weighted by atomic mass is 10.1. The van der Waals surface area contributed by atoms with Crippen LogP contribution in [0.5, 0.6) is 0 Å². The lowest BCUT2D eigenvalue weighted by molar-refractivity contribution is 0.754. The molecule has 82 valence electrons. The van der Waals surface area contributed by atoms with Crippen LogP contribution in [0.2, 0.25) is 0 Å². The quantitative estimate of drug-likeness (QED) is 0.744. The number of aliphatic imine (C=N–C) groups is 1. The number of rotatable bonds is 3. The fourth-order valence-electron chi connectivity index (χ4n) is 1.17. The number of aromatic nitrogens is 1. The maximum atomic E-state index is 11.5. The molecule has 1 heterocycles. The first-order valence-electron chi connectivity index (χ1n) is 5.08. The number of hydrogen-bond acceptors (Lipinski definition) is 3. The third-order valence-electron chi connectivity index (χ3n) is 2.32. The monoisotopic (exact) mass is 207 g/mol. The summed E-state index contributed by atoms with van der Waals surface area (Å²) in [4.78, 5) is 18.2. The molecule has 0 radical (unpaired) electrons. The zero-order chi connectivity index (χ0) is 11.4. The second kappa shape index (κ2) is 4.77. The van der Waals surface area contributed by atoms with Gasteiger partial charge >= 0.3 is 0 Å². The lowest BCUT2D eigenvalue weighted by Crippen LogP contribution is -2.10. The van der Waals surface area contributed by atoms with Gasteiger partial charge in [-0.2, -0.15) is 0 Å². The van der Waals surface area contributed by atoms with Gasteiger partial charge in [0, 0.05) is 6.21 Å². The van der Waals surface area contributed by atoms with Crippen LogP contribution in [-0.2, 0) is 0 Å². The van der Waals surface area contributed by atoms with Crippen molar-refractivity contribution in [2.75, 3.05) is 5.73 Å². The van der Waals surface area contributed by atoms with E-state index in [2.05, 4.69) is 23.8 Å². The normalized spacial score (nSPS) is 13.3. The summed E-state index contributed by atoms with van der Waals surface area (Å²) in [6.07, 6.45) is 2.81. The maximum Gasteiger partial charge on any atom is 0.275 e. The molecular formula is C11H17N3O. The van der Waals surface area contributed by atoms with Crippen LogP contribution >= 0.6 is 0 Å². The van der Waals surface area contributed by atoms with Gasteiger partial charge in [0.25, 0.3) is 5.56 Å². The van der Waals surface area contributed by atoms with Crippen LogP contribution in [0.25, 0.3) is 0 Å². The van der Waals surface area contributed by atoms with Gasteiger partial charge < -0.3 is 10.7 Å². The molecule has 1 unspecified atom stereocenters. The van der Waals surface area contributed by atoms with Gasteiger partial charge in [0.05, 0.1) is 0 Å². The number of nitrogens with one attached hydrogen (secondary N) is 1. The average Bonchev–Trinajstić information content (AvgIpc) is 2.15. The molecule has 0 aromatic carbocycles. The van der Waals surface area contributed by atoms with Gasteiger partial charge in [-0.1, -0.05) is 13.8 Å². The minimum absolute atomic E-state index is 0.230. The lowest BCUT2D eigenvalue weighted by Gasteiger charge is -2.02. The highest BCUT2D eigenvalue weighted by molar-refractivity contribution is 5.66. The molecular weight excluding hydrogens is 190 g/mol. The number of anilines is 1. The zero-order valence-electron chi connectivity index (χ0n) is 9.37. The second-order valence-electron chi connectivity index (χ2n) is 3.75. The van der Waals surface area contributed by atoms with E-state index in [0.29, 0.717) is 17.4 Å². The van der Waals surface area contributed by atoms with Crippen molar-refractivity contribution in [2.45, 2.75) is 27.2 Å². The smallest absolute Gasteiger partial charge is 0.275 e. The summed E-state index contributed by atoms with van der Waals surface area (Å²) in [5.74, 6) is 0.751. The van der Waals surface area contributed by atoms with E-state index >= 15 is 0 Å². The van der Waals surface area contributed by atoms with Crippen LogP contribution in [0.15, 0.2) is 15.9 Å². The average molecular weight is 207 g/mol. The topological polar surface area (TPSA) is 71.2 Å². The Hall–Kier alpha value is -1.58. The van der Waals surface area contributed by atoms with E-state index in [4.69, 9.17) is 5.73 Å². The summed E-state index contributed by atoms with van der Waals surface area (Å²) < 4.78 is 0. The minimum atomic E-state index is -0.230.